The SMILES string of the molecule is CC1(C)CC[C@]2(C)CC[C@]3(C)C(=CC[C@@H]4[C@@]5(C)CC[C@@H](O)C(C)(C(=O)O)C5CC[C@]43C)[C@H]2C1. The summed E-state index contributed by atoms with van der Waals surface area (Å²) in [5, 5.41) is 21.1. The van der Waals surface area contributed by atoms with Crippen LogP contribution in [0.3, 0.4) is 0 Å². The van der Waals surface area contributed by atoms with E-state index in [0.717, 1.165) is 25.7 Å². The van der Waals surface area contributed by atoms with Crippen LogP contribution in [-0.4, -0.2) is 22.3 Å². The molecule has 5 rings (SSSR count). The van der Waals surface area contributed by atoms with E-state index in [0.29, 0.717) is 29.1 Å². The standard InChI is InChI=1S/C30H48O3/c1-25(2)14-15-26(3)16-17-28(5)19(20(26)18-25)8-9-21-27(4)12-11-23(31)30(7,24(32)33)22(27)10-13-29(21,28)6/h8,20-23,31H,9-18H2,1-7H3,(H,32,33)/t20-,21-,22?,23-,26-,27-,28-,29-,30?/m1/s1. The molecule has 2 unspecified atom stereocenters. The first-order chi connectivity index (χ1) is 15.1. The van der Waals surface area contributed by atoms with Gasteiger partial charge in [-0.1, -0.05) is 53.2 Å². The smallest absolute Gasteiger partial charge is 0.312 e. The Hall–Kier alpha value is -0.830. The van der Waals surface area contributed by atoms with Crippen LogP contribution in [0.25, 0.3) is 0 Å². The number of aliphatic hydroxyl groups excluding tert-OH is 1. The average molecular weight is 457 g/mol. The van der Waals surface area contributed by atoms with Crippen LogP contribution in [-0.2, 0) is 4.79 Å². The van der Waals surface area contributed by atoms with Gasteiger partial charge in [-0.3, -0.25) is 4.79 Å². The summed E-state index contributed by atoms with van der Waals surface area (Å²) in [7, 11) is 0. The Kier molecular flexibility index (Phi) is 4.99. The quantitative estimate of drug-likeness (QED) is 0.409. The molecule has 0 radical (unpaired) electrons. The van der Waals surface area contributed by atoms with E-state index in [9.17, 15) is 15.0 Å². The second-order valence-corrected chi connectivity index (χ2v) is 15.0. The normalized spacial score (nSPS) is 55.3. The largest absolute Gasteiger partial charge is 0.481 e. The fraction of sp³-hybridized carbons (Fsp3) is 0.900. The lowest BCUT2D eigenvalue weighted by Crippen LogP contribution is -2.66. The highest BCUT2D eigenvalue weighted by Gasteiger charge is 2.69. The third kappa shape index (κ3) is 2.87. The van der Waals surface area contributed by atoms with E-state index in [-0.39, 0.29) is 22.2 Å². The van der Waals surface area contributed by atoms with Gasteiger partial charge in [0.2, 0.25) is 0 Å². The molecule has 186 valence electrons. The molecule has 4 fully saturated rings. The highest BCUT2D eigenvalue weighted by atomic mass is 16.4. The summed E-state index contributed by atoms with van der Waals surface area (Å²) in [6.45, 7) is 16.9. The maximum absolute atomic E-state index is 12.5. The number of aliphatic carboxylic acids is 1. The minimum atomic E-state index is -1.03. The Morgan fingerprint density at radius 1 is 0.879 bits per heavy atom. The van der Waals surface area contributed by atoms with Crippen LogP contribution in [0.5, 0.6) is 0 Å². The fourth-order valence-electron chi connectivity index (χ4n) is 10.5. The molecule has 0 aromatic carbocycles. The number of carboxylic acid groups (broad SMARTS) is 1. The Balaban J connectivity index is 1.58. The van der Waals surface area contributed by atoms with E-state index in [1.54, 1.807) is 5.57 Å². The van der Waals surface area contributed by atoms with Gasteiger partial charge < -0.3 is 10.2 Å². The molecule has 0 bridgehead atoms. The van der Waals surface area contributed by atoms with Crippen molar-refractivity contribution in [3.63, 3.8) is 0 Å². The van der Waals surface area contributed by atoms with Gasteiger partial charge in [0.1, 0.15) is 0 Å². The molecule has 0 heterocycles. The molecule has 3 nitrogen and oxygen atoms in total. The zero-order valence-corrected chi connectivity index (χ0v) is 22.3. The molecule has 5 aliphatic carbocycles. The van der Waals surface area contributed by atoms with Crippen molar-refractivity contribution in [2.45, 2.75) is 119 Å². The van der Waals surface area contributed by atoms with E-state index in [1.165, 1.54) is 32.1 Å². The van der Waals surface area contributed by atoms with Crippen molar-refractivity contribution in [2.75, 3.05) is 0 Å². The van der Waals surface area contributed by atoms with E-state index in [2.05, 4.69) is 47.6 Å². The number of hydrogen-bond donors (Lipinski definition) is 2. The molecular formula is C30H48O3. The summed E-state index contributed by atoms with van der Waals surface area (Å²) in [6.07, 6.45) is 13.2. The maximum Gasteiger partial charge on any atom is 0.312 e. The molecule has 33 heavy (non-hydrogen) atoms. The molecule has 9 atom stereocenters. The van der Waals surface area contributed by atoms with E-state index in [4.69, 9.17) is 0 Å². The second kappa shape index (κ2) is 6.89. The average Bonchev–Trinajstić information content (AvgIpc) is 2.72. The molecule has 4 saturated carbocycles. The molecular weight excluding hydrogens is 408 g/mol. The van der Waals surface area contributed by atoms with Crippen LogP contribution in [0, 0.1) is 50.2 Å². The Bertz CT molecular complexity index is 889. The van der Waals surface area contributed by atoms with Crippen molar-refractivity contribution in [1.29, 1.82) is 0 Å². The summed E-state index contributed by atoms with van der Waals surface area (Å²) in [6, 6.07) is 0. The van der Waals surface area contributed by atoms with E-state index in [1.807, 2.05) is 6.92 Å². The Morgan fingerprint density at radius 3 is 2.21 bits per heavy atom. The van der Waals surface area contributed by atoms with E-state index >= 15 is 0 Å². The molecule has 5 aliphatic rings. The van der Waals surface area contributed by atoms with Crippen molar-refractivity contribution in [1.82, 2.24) is 0 Å². The number of carbonyl (C=O) groups is 1. The summed E-state index contributed by atoms with van der Waals surface area (Å²) in [5.41, 5.74) is 1.98. The lowest BCUT2D eigenvalue weighted by Gasteiger charge is -2.71. The zero-order chi connectivity index (χ0) is 24.2. The predicted molar refractivity (Wildman–Crippen MR) is 133 cm³/mol. The number of carboxylic acids is 1. The van der Waals surface area contributed by atoms with Crippen molar-refractivity contribution < 1.29 is 15.0 Å². The minimum Gasteiger partial charge on any atom is -0.481 e. The van der Waals surface area contributed by atoms with Gasteiger partial charge in [-0.25, -0.2) is 0 Å². The van der Waals surface area contributed by atoms with Crippen molar-refractivity contribution in [3.05, 3.63) is 11.6 Å². The van der Waals surface area contributed by atoms with E-state index < -0.39 is 17.5 Å². The Morgan fingerprint density at radius 2 is 1.55 bits per heavy atom. The van der Waals surface area contributed by atoms with Crippen LogP contribution in [0.1, 0.15) is 113 Å². The third-order valence-electron chi connectivity index (χ3n) is 13.2. The molecule has 0 aliphatic heterocycles. The summed E-state index contributed by atoms with van der Waals surface area (Å²) in [5.74, 6) is 0.432. The summed E-state index contributed by atoms with van der Waals surface area (Å²) >= 11 is 0. The van der Waals surface area contributed by atoms with Gasteiger partial charge in [-0.15, -0.1) is 0 Å². The lowest BCUT2D eigenvalue weighted by atomic mass is 9.33. The van der Waals surface area contributed by atoms with Gasteiger partial charge in [0.15, 0.2) is 0 Å². The molecule has 0 saturated heterocycles. The number of allylic oxidation sites excluding steroid dienone is 2. The first kappa shape index (κ1) is 23.9. The van der Waals surface area contributed by atoms with Gasteiger partial charge >= 0.3 is 5.97 Å². The minimum absolute atomic E-state index is 0.0308. The van der Waals surface area contributed by atoms with Gasteiger partial charge in [-0.2, -0.15) is 0 Å². The van der Waals surface area contributed by atoms with Gasteiger partial charge in [-0.05, 0) is 116 Å². The predicted octanol–water partition coefficient (Wildman–Crippen LogP) is 7.23. The number of hydrogen-bond acceptors (Lipinski definition) is 2. The first-order valence-corrected chi connectivity index (χ1v) is 13.8. The molecule has 0 aromatic rings. The lowest BCUT2D eigenvalue weighted by molar-refractivity contribution is -0.216. The maximum atomic E-state index is 12.5. The van der Waals surface area contributed by atoms with Crippen LogP contribution >= 0.6 is 0 Å². The van der Waals surface area contributed by atoms with Crippen molar-refractivity contribution >= 4 is 5.97 Å². The highest BCUT2D eigenvalue weighted by Crippen LogP contribution is 2.75. The first-order valence-electron chi connectivity index (χ1n) is 13.8. The number of rotatable bonds is 1. The van der Waals surface area contributed by atoms with Crippen LogP contribution in [0.15, 0.2) is 11.6 Å². The van der Waals surface area contributed by atoms with Crippen LogP contribution < -0.4 is 0 Å². The van der Waals surface area contributed by atoms with Gasteiger partial charge in [0, 0.05) is 0 Å². The molecule has 0 aromatic heterocycles. The molecule has 2 N–H and O–H groups in total. The second-order valence-electron chi connectivity index (χ2n) is 15.0. The summed E-state index contributed by atoms with van der Waals surface area (Å²) in [4.78, 5) is 12.5. The monoisotopic (exact) mass is 456 g/mol. The molecule has 0 amide bonds. The van der Waals surface area contributed by atoms with Crippen LogP contribution in [0.2, 0.25) is 0 Å². The van der Waals surface area contributed by atoms with Crippen molar-refractivity contribution in [3.8, 4) is 0 Å². The highest BCUT2D eigenvalue weighted by molar-refractivity contribution is 5.76. The van der Waals surface area contributed by atoms with Gasteiger partial charge in [0.25, 0.3) is 0 Å². The fourth-order valence-corrected chi connectivity index (χ4v) is 10.5. The number of aliphatic hydroxyl groups is 1. The van der Waals surface area contributed by atoms with Crippen LogP contribution in [0.4, 0.5) is 0 Å². The van der Waals surface area contributed by atoms with Crippen molar-refractivity contribution in [2.24, 2.45) is 50.2 Å². The Labute approximate surface area is 201 Å². The topological polar surface area (TPSA) is 57.5 Å². The number of fused-ring (bicyclic) bond motifs is 7. The third-order valence-corrected chi connectivity index (χ3v) is 13.2. The molecule has 3 heteroatoms. The van der Waals surface area contributed by atoms with Gasteiger partial charge in [0.05, 0.1) is 11.5 Å². The summed E-state index contributed by atoms with van der Waals surface area (Å²) < 4.78 is 0. The zero-order valence-electron chi connectivity index (χ0n) is 22.3. The molecule has 0 spiro atoms.